The third kappa shape index (κ3) is 8.57. The van der Waals surface area contributed by atoms with Crippen LogP contribution in [0.2, 0.25) is 0 Å². The predicted molar refractivity (Wildman–Crippen MR) is 142 cm³/mol. The number of hydrogen-bond acceptors (Lipinski definition) is 7. The van der Waals surface area contributed by atoms with Crippen molar-refractivity contribution in [2.45, 2.75) is 50.2 Å². The van der Waals surface area contributed by atoms with Crippen molar-refractivity contribution in [2.75, 3.05) is 47.0 Å². The zero-order valence-electron chi connectivity index (χ0n) is 21.3. The van der Waals surface area contributed by atoms with E-state index in [9.17, 15) is 14.7 Å². The Hall–Kier alpha value is -2.48. The van der Waals surface area contributed by atoms with Gasteiger partial charge >= 0.3 is 5.97 Å². The van der Waals surface area contributed by atoms with E-state index in [0.29, 0.717) is 24.6 Å². The van der Waals surface area contributed by atoms with Crippen LogP contribution in [0.25, 0.3) is 0 Å². The van der Waals surface area contributed by atoms with Gasteiger partial charge in [0, 0.05) is 44.0 Å². The van der Waals surface area contributed by atoms with Gasteiger partial charge in [-0.15, -0.1) is 0 Å². The topological polar surface area (TPSA) is 113 Å². The lowest BCUT2D eigenvalue weighted by Crippen LogP contribution is -2.44. The number of allylic oxidation sites excluding steroid dienone is 3. The van der Waals surface area contributed by atoms with Crippen molar-refractivity contribution in [2.24, 2.45) is 0 Å². The van der Waals surface area contributed by atoms with E-state index in [0.717, 1.165) is 47.5 Å². The van der Waals surface area contributed by atoms with Gasteiger partial charge in [0.2, 0.25) is 0 Å². The number of carbonyl (C=O) groups is 2. The molecule has 3 N–H and O–H groups in total. The number of rotatable bonds is 15. The van der Waals surface area contributed by atoms with Gasteiger partial charge in [0.25, 0.3) is 5.91 Å². The van der Waals surface area contributed by atoms with Gasteiger partial charge in [0.15, 0.2) is 5.69 Å². The molecule has 1 aromatic heterocycles. The molecule has 3 heterocycles. The maximum atomic E-state index is 12.6. The van der Waals surface area contributed by atoms with Crippen molar-refractivity contribution >= 4 is 20.5 Å². The number of nitrogens with zero attached hydrogens (tertiary/aromatic N) is 2. The van der Waals surface area contributed by atoms with Crippen LogP contribution in [0.15, 0.2) is 41.5 Å². The largest absolute Gasteiger partial charge is 0.494 e. The summed E-state index contributed by atoms with van der Waals surface area (Å²) in [5.41, 5.74) is 3.63. The Labute approximate surface area is 215 Å². The molecular formula is C26H39N4O5P. The number of unbranched alkanes of at least 4 members (excludes halogenated alkanes) is 1. The molecule has 3 atom stereocenters. The van der Waals surface area contributed by atoms with Crippen LogP contribution < -0.4 is 15.4 Å². The minimum atomic E-state index is -1.07. The fraction of sp³-hybridized carbons (Fsp3) is 0.577. The maximum Gasteiger partial charge on any atom is 0.326 e. The van der Waals surface area contributed by atoms with Crippen LogP contribution >= 0.6 is 8.58 Å². The summed E-state index contributed by atoms with van der Waals surface area (Å²) in [6, 6.07) is 2.26. The second-order valence-electron chi connectivity index (χ2n) is 9.08. The molecule has 3 rings (SSSR count). The molecule has 2 aliphatic heterocycles. The van der Waals surface area contributed by atoms with Crippen molar-refractivity contribution in [1.82, 2.24) is 20.5 Å². The third-order valence-corrected chi connectivity index (χ3v) is 8.14. The van der Waals surface area contributed by atoms with Gasteiger partial charge in [0.1, 0.15) is 11.8 Å². The third-order valence-electron chi connectivity index (χ3n) is 6.50. The van der Waals surface area contributed by atoms with Crippen molar-refractivity contribution < 1.29 is 24.2 Å². The van der Waals surface area contributed by atoms with Crippen LogP contribution in [0.5, 0.6) is 5.75 Å². The first-order valence-corrected chi connectivity index (χ1v) is 13.7. The zero-order valence-corrected chi connectivity index (χ0v) is 22.3. The molecular weight excluding hydrogens is 479 g/mol. The van der Waals surface area contributed by atoms with E-state index >= 15 is 0 Å². The SMILES string of the molecule is COCCN(CCCCC1C=CC2=C(NCCC2)P1)CCC(NC(=O)c1ncccc1OC)C(=O)O. The molecule has 2 aliphatic rings. The molecule has 0 bridgehead atoms. The summed E-state index contributed by atoms with van der Waals surface area (Å²) >= 11 is 0. The average Bonchev–Trinajstić information content (AvgIpc) is 2.90. The average molecular weight is 519 g/mol. The monoisotopic (exact) mass is 518 g/mol. The molecule has 1 amide bonds. The molecule has 3 unspecified atom stereocenters. The van der Waals surface area contributed by atoms with E-state index in [-0.39, 0.29) is 12.1 Å². The quantitative estimate of drug-likeness (QED) is 0.240. The first-order chi connectivity index (χ1) is 17.5. The molecule has 0 fully saturated rings. The lowest BCUT2D eigenvalue weighted by atomic mass is 10.1. The second-order valence-corrected chi connectivity index (χ2v) is 10.6. The summed E-state index contributed by atoms with van der Waals surface area (Å²) in [4.78, 5) is 30.8. The number of aromatic nitrogens is 1. The van der Waals surface area contributed by atoms with E-state index in [1.54, 1.807) is 19.2 Å². The van der Waals surface area contributed by atoms with Crippen molar-refractivity contribution in [3.8, 4) is 5.75 Å². The van der Waals surface area contributed by atoms with E-state index in [1.807, 2.05) is 0 Å². The van der Waals surface area contributed by atoms with Crippen LogP contribution in [0, 0.1) is 0 Å². The summed E-state index contributed by atoms with van der Waals surface area (Å²) in [7, 11) is 3.95. The Balaban J connectivity index is 1.45. The Bertz CT molecular complexity index is 939. The molecule has 36 heavy (non-hydrogen) atoms. The molecule has 9 nitrogen and oxygen atoms in total. The molecule has 0 aromatic carbocycles. The summed E-state index contributed by atoms with van der Waals surface area (Å²) in [5.74, 6) is -1.32. The standard InChI is InChI=1S/C26H39N4O5P/c1-34-18-17-30(15-4-3-8-20-11-10-19-7-5-14-28-25(19)36-20)16-12-21(26(32)33)29-24(31)23-22(35-2)9-6-13-27-23/h6,9-11,13,20-21,28,36H,3-5,7-8,12,14-18H2,1-2H3,(H,29,31)(H,32,33). The van der Waals surface area contributed by atoms with Crippen LogP contribution in [0.1, 0.15) is 49.0 Å². The molecule has 10 heteroatoms. The molecule has 0 saturated carbocycles. The number of hydrogen-bond donors (Lipinski definition) is 3. The second kappa shape index (κ2) is 14.9. The van der Waals surface area contributed by atoms with Crippen LogP contribution in [-0.4, -0.2) is 85.6 Å². The summed E-state index contributed by atoms with van der Waals surface area (Å²) in [6.07, 6.45) is 12.2. The molecule has 0 radical (unpaired) electrons. The predicted octanol–water partition coefficient (Wildman–Crippen LogP) is 2.99. The smallest absolute Gasteiger partial charge is 0.326 e. The minimum absolute atomic E-state index is 0.0753. The van der Waals surface area contributed by atoms with Gasteiger partial charge in [0.05, 0.1) is 13.7 Å². The molecule has 0 aliphatic carbocycles. The zero-order chi connectivity index (χ0) is 25.8. The van der Waals surface area contributed by atoms with Crippen LogP contribution in [0.3, 0.4) is 0 Å². The van der Waals surface area contributed by atoms with Crippen molar-refractivity contribution in [3.63, 3.8) is 0 Å². The van der Waals surface area contributed by atoms with Gasteiger partial charge in [-0.05, 0) is 56.4 Å². The number of carboxylic acids is 1. The van der Waals surface area contributed by atoms with Gasteiger partial charge in [-0.2, -0.15) is 0 Å². The van der Waals surface area contributed by atoms with Gasteiger partial charge in [-0.1, -0.05) is 27.2 Å². The van der Waals surface area contributed by atoms with Crippen LogP contribution in [0.4, 0.5) is 0 Å². The number of nitrogens with one attached hydrogen (secondary N) is 2. The molecule has 0 spiro atoms. The molecule has 198 valence electrons. The molecule has 0 saturated heterocycles. The summed E-state index contributed by atoms with van der Waals surface area (Å²) in [6.45, 7) is 3.80. The van der Waals surface area contributed by atoms with Gasteiger partial charge in [-0.25, -0.2) is 9.78 Å². The number of methoxy groups -OCH3 is 2. The first kappa shape index (κ1) is 28.1. The van der Waals surface area contributed by atoms with E-state index in [2.05, 4.69) is 32.7 Å². The summed E-state index contributed by atoms with van der Waals surface area (Å²) < 4.78 is 10.4. The normalized spacial score (nSPS) is 18.6. The lowest BCUT2D eigenvalue weighted by molar-refractivity contribution is -0.139. The highest BCUT2D eigenvalue weighted by atomic mass is 31.1. The Morgan fingerprint density at radius 3 is 2.94 bits per heavy atom. The van der Waals surface area contributed by atoms with E-state index in [4.69, 9.17) is 9.47 Å². The van der Waals surface area contributed by atoms with Crippen LogP contribution in [-0.2, 0) is 9.53 Å². The van der Waals surface area contributed by atoms with Crippen molar-refractivity contribution in [3.05, 3.63) is 47.2 Å². The lowest BCUT2D eigenvalue weighted by Gasteiger charge is -2.27. The molecule has 1 aromatic rings. The highest BCUT2D eigenvalue weighted by Crippen LogP contribution is 2.40. The van der Waals surface area contributed by atoms with Crippen molar-refractivity contribution in [1.29, 1.82) is 0 Å². The highest BCUT2D eigenvalue weighted by molar-refractivity contribution is 7.44. The maximum absolute atomic E-state index is 12.6. The Morgan fingerprint density at radius 2 is 2.17 bits per heavy atom. The number of pyridine rings is 1. The number of carbonyl (C=O) groups excluding carboxylic acids is 1. The van der Waals surface area contributed by atoms with Gasteiger partial charge in [-0.3, -0.25) is 4.79 Å². The number of ether oxygens (including phenoxy) is 2. The van der Waals surface area contributed by atoms with E-state index < -0.39 is 17.9 Å². The minimum Gasteiger partial charge on any atom is -0.494 e. The summed E-state index contributed by atoms with van der Waals surface area (Å²) in [5, 5.41) is 15.9. The first-order valence-electron chi connectivity index (χ1n) is 12.7. The Kier molecular flexibility index (Phi) is 11.7. The number of amides is 1. The number of aliphatic carboxylic acids is 1. The highest BCUT2D eigenvalue weighted by Gasteiger charge is 2.24. The van der Waals surface area contributed by atoms with E-state index in [1.165, 1.54) is 37.2 Å². The fourth-order valence-corrected chi connectivity index (χ4v) is 5.98. The Morgan fingerprint density at radius 1 is 1.31 bits per heavy atom. The van der Waals surface area contributed by atoms with Gasteiger partial charge < -0.3 is 30.1 Å². The fourth-order valence-electron chi connectivity index (χ4n) is 4.45. The number of carboxylic acid groups (broad SMARTS) is 1.